The van der Waals surface area contributed by atoms with E-state index in [0.717, 1.165) is 16.9 Å². The van der Waals surface area contributed by atoms with Crippen molar-refractivity contribution in [2.45, 2.75) is 25.7 Å². The SMILES string of the molecule is CC(=O)N(CCNS(=O)(=O)c1ccc(C)cc1C)c1ccc(N(C)C)cc1. The van der Waals surface area contributed by atoms with Crippen molar-refractivity contribution in [2.24, 2.45) is 0 Å². The van der Waals surface area contributed by atoms with E-state index in [-0.39, 0.29) is 23.9 Å². The lowest BCUT2D eigenvalue weighted by Gasteiger charge is -2.22. The number of hydrogen-bond acceptors (Lipinski definition) is 4. The predicted octanol–water partition coefficient (Wildman–Crippen LogP) is 2.70. The Balaban J connectivity index is 2.09. The van der Waals surface area contributed by atoms with Crippen LogP contribution in [0, 0.1) is 13.8 Å². The van der Waals surface area contributed by atoms with Gasteiger partial charge in [0.2, 0.25) is 15.9 Å². The van der Waals surface area contributed by atoms with E-state index in [4.69, 9.17) is 0 Å². The lowest BCUT2D eigenvalue weighted by atomic mass is 10.2. The summed E-state index contributed by atoms with van der Waals surface area (Å²) in [6.07, 6.45) is 0. The molecule has 0 fully saturated rings. The first kappa shape index (κ1) is 20.9. The molecular weight excluding hydrogens is 362 g/mol. The number of benzene rings is 2. The normalized spacial score (nSPS) is 11.3. The molecule has 0 bridgehead atoms. The minimum atomic E-state index is -3.62. The van der Waals surface area contributed by atoms with E-state index < -0.39 is 10.0 Å². The van der Waals surface area contributed by atoms with E-state index >= 15 is 0 Å². The molecule has 0 aliphatic rings. The summed E-state index contributed by atoms with van der Waals surface area (Å²) in [5, 5.41) is 0. The second-order valence-electron chi connectivity index (χ2n) is 6.75. The van der Waals surface area contributed by atoms with Gasteiger partial charge in [-0.05, 0) is 49.7 Å². The number of hydrogen-bond donors (Lipinski definition) is 1. The van der Waals surface area contributed by atoms with Gasteiger partial charge in [0, 0.05) is 45.5 Å². The van der Waals surface area contributed by atoms with Gasteiger partial charge in [-0.25, -0.2) is 13.1 Å². The summed E-state index contributed by atoms with van der Waals surface area (Å²) in [7, 11) is 0.264. The Hall–Kier alpha value is -2.38. The van der Waals surface area contributed by atoms with Gasteiger partial charge in [0.1, 0.15) is 0 Å². The molecule has 2 rings (SSSR count). The molecule has 0 saturated heterocycles. The third-order valence-electron chi connectivity index (χ3n) is 4.31. The average molecular weight is 390 g/mol. The number of nitrogens with zero attached hydrogens (tertiary/aromatic N) is 2. The Morgan fingerprint density at radius 2 is 1.59 bits per heavy atom. The Labute approximate surface area is 161 Å². The highest BCUT2D eigenvalue weighted by Crippen LogP contribution is 2.20. The fourth-order valence-corrected chi connectivity index (χ4v) is 4.11. The highest BCUT2D eigenvalue weighted by atomic mass is 32.2. The van der Waals surface area contributed by atoms with Crippen molar-refractivity contribution >= 4 is 27.3 Å². The van der Waals surface area contributed by atoms with Crippen molar-refractivity contribution in [3.05, 3.63) is 53.6 Å². The zero-order valence-electron chi connectivity index (χ0n) is 16.5. The molecule has 0 atom stereocenters. The topological polar surface area (TPSA) is 69.7 Å². The molecular formula is C20H27N3O3S. The number of rotatable bonds is 7. The van der Waals surface area contributed by atoms with Crippen LogP contribution in [-0.4, -0.2) is 41.5 Å². The second-order valence-corrected chi connectivity index (χ2v) is 8.48. The average Bonchev–Trinajstić information content (AvgIpc) is 2.58. The number of carbonyl (C=O) groups excluding carboxylic acids is 1. The number of nitrogens with one attached hydrogen (secondary N) is 1. The van der Waals surface area contributed by atoms with Gasteiger partial charge >= 0.3 is 0 Å². The van der Waals surface area contributed by atoms with Crippen LogP contribution >= 0.6 is 0 Å². The highest BCUT2D eigenvalue weighted by molar-refractivity contribution is 7.89. The molecule has 0 radical (unpaired) electrons. The largest absolute Gasteiger partial charge is 0.378 e. The quantitative estimate of drug-likeness (QED) is 0.790. The molecule has 1 N–H and O–H groups in total. The molecule has 0 heterocycles. The molecule has 0 saturated carbocycles. The van der Waals surface area contributed by atoms with E-state index in [9.17, 15) is 13.2 Å². The first-order chi connectivity index (χ1) is 12.6. The first-order valence-electron chi connectivity index (χ1n) is 8.74. The zero-order chi connectivity index (χ0) is 20.2. The molecule has 0 aromatic heterocycles. The van der Waals surface area contributed by atoms with Crippen molar-refractivity contribution in [1.29, 1.82) is 0 Å². The van der Waals surface area contributed by atoms with Crippen LogP contribution in [-0.2, 0) is 14.8 Å². The summed E-state index contributed by atoms with van der Waals surface area (Å²) in [6, 6.07) is 12.8. The van der Waals surface area contributed by atoms with Gasteiger partial charge in [0.15, 0.2) is 0 Å². The minimum Gasteiger partial charge on any atom is -0.378 e. The lowest BCUT2D eigenvalue weighted by Crippen LogP contribution is -2.37. The zero-order valence-corrected chi connectivity index (χ0v) is 17.3. The summed E-state index contributed by atoms with van der Waals surface area (Å²) in [6.45, 7) is 5.54. The van der Waals surface area contributed by atoms with Crippen molar-refractivity contribution in [3.8, 4) is 0 Å². The number of sulfonamides is 1. The van der Waals surface area contributed by atoms with E-state index in [1.165, 1.54) is 6.92 Å². The van der Waals surface area contributed by atoms with Crippen LogP contribution in [0.1, 0.15) is 18.1 Å². The maximum Gasteiger partial charge on any atom is 0.240 e. The maximum atomic E-state index is 12.6. The predicted molar refractivity (Wildman–Crippen MR) is 110 cm³/mol. The number of aryl methyl sites for hydroxylation is 2. The minimum absolute atomic E-state index is 0.130. The van der Waals surface area contributed by atoms with Crippen LogP contribution in [0.3, 0.4) is 0 Å². The summed E-state index contributed by atoms with van der Waals surface area (Å²) < 4.78 is 27.7. The molecule has 27 heavy (non-hydrogen) atoms. The van der Waals surface area contributed by atoms with Crippen molar-refractivity contribution < 1.29 is 13.2 Å². The standard InChI is InChI=1S/C20H27N3O3S/c1-15-6-11-20(16(2)14-15)27(25,26)21-12-13-23(17(3)24)19-9-7-18(8-10-19)22(4)5/h6-11,14,21H,12-13H2,1-5H3. The Bertz CT molecular complexity index is 907. The third kappa shape index (κ3) is 5.30. The monoisotopic (exact) mass is 389 g/mol. The number of anilines is 2. The fourth-order valence-electron chi connectivity index (χ4n) is 2.87. The molecule has 1 amide bonds. The highest BCUT2D eigenvalue weighted by Gasteiger charge is 2.18. The second kappa shape index (κ2) is 8.54. The fraction of sp³-hybridized carbons (Fsp3) is 0.350. The van der Waals surface area contributed by atoms with Crippen LogP contribution in [0.15, 0.2) is 47.4 Å². The Morgan fingerprint density at radius 3 is 2.11 bits per heavy atom. The van der Waals surface area contributed by atoms with Crippen molar-refractivity contribution in [1.82, 2.24) is 4.72 Å². The van der Waals surface area contributed by atoms with Gasteiger partial charge in [-0.2, -0.15) is 0 Å². The van der Waals surface area contributed by atoms with Crippen molar-refractivity contribution in [3.63, 3.8) is 0 Å². The first-order valence-corrected chi connectivity index (χ1v) is 10.2. The van der Waals surface area contributed by atoms with Crippen LogP contribution in [0.4, 0.5) is 11.4 Å². The Kier molecular flexibility index (Phi) is 6.62. The van der Waals surface area contributed by atoms with E-state index in [2.05, 4.69) is 4.72 Å². The summed E-state index contributed by atoms with van der Waals surface area (Å²) in [5.74, 6) is -0.140. The van der Waals surface area contributed by atoms with Crippen LogP contribution in [0.2, 0.25) is 0 Å². The molecule has 0 spiro atoms. The van der Waals surface area contributed by atoms with Crippen LogP contribution in [0.5, 0.6) is 0 Å². The van der Waals surface area contributed by atoms with Crippen LogP contribution in [0.25, 0.3) is 0 Å². The molecule has 0 aliphatic carbocycles. The third-order valence-corrected chi connectivity index (χ3v) is 5.93. The van der Waals surface area contributed by atoms with Gasteiger partial charge < -0.3 is 9.80 Å². The van der Waals surface area contributed by atoms with Gasteiger partial charge in [0.05, 0.1) is 4.90 Å². The lowest BCUT2D eigenvalue weighted by molar-refractivity contribution is -0.116. The van der Waals surface area contributed by atoms with E-state index in [1.54, 1.807) is 24.0 Å². The summed E-state index contributed by atoms with van der Waals surface area (Å²) >= 11 is 0. The molecule has 7 heteroatoms. The summed E-state index contributed by atoms with van der Waals surface area (Å²) in [4.78, 5) is 15.8. The molecule has 146 valence electrons. The molecule has 2 aromatic rings. The Morgan fingerprint density at radius 1 is 1.00 bits per heavy atom. The number of carbonyl (C=O) groups is 1. The molecule has 2 aromatic carbocycles. The number of amides is 1. The van der Waals surface area contributed by atoms with Crippen LogP contribution < -0.4 is 14.5 Å². The summed E-state index contributed by atoms with van der Waals surface area (Å²) in [5.41, 5.74) is 3.47. The smallest absolute Gasteiger partial charge is 0.240 e. The molecule has 0 unspecified atom stereocenters. The molecule has 0 aliphatic heterocycles. The molecule has 6 nitrogen and oxygen atoms in total. The van der Waals surface area contributed by atoms with Crippen molar-refractivity contribution in [2.75, 3.05) is 37.0 Å². The van der Waals surface area contributed by atoms with Gasteiger partial charge in [-0.15, -0.1) is 0 Å². The van der Waals surface area contributed by atoms with E-state index in [0.29, 0.717) is 5.56 Å². The van der Waals surface area contributed by atoms with Gasteiger partial charge in [-0.3, -0.25) is 4.79 Å². The maximum absolute atomic E-state index is 12.6. The van der Waals surface area contributed by atoms with E-state index in [1.807, 2.05) is 56.3 Å². The van der Waals surface area contributed by atoms with Gasteiger partial charge in [0.25, 0.3) is 0 Å². The van der Waals surface area contributed by atoms with Gasteiger partial charge in [-0.1, -0.05) is 17.7 Å².